The molecule has 0 aliphatic heterocycles. The molecule has 0 aliphatic rings. The summed E-state index contributed by atoms with van der Waals surface area (Å²) in [6, 6.07) is 10.0. The number of carbonyl (C=O) groups excluding carboxylic acids is 1. The third kappa shape index (κ3) is 3.71. The molecule has 3 aromatic rings. The predicted molar refractivity (Wildman–Crippen MR) is 103 cm³/mol. The number of halogens is 2. The molecule has 0 saturated heterocycles. The van der Waals surface area contributed by atoms with Gasteiger partial charge in [-0.3, -0.25) is 4.79 Å². The standard InChI is InChI=1S/C19H17ClFN3OS/c1-3-10-23(12-14-8-9-18(20)26-14)19(25)15-11-22-24(13(15)2)17-7-5-4-6-16(17)21/h3-9,11H,1,10,12H2,2H3. The molecule has 7 heteroatoms. The maximum absolute atomic E-state index is 14.1. The Labute approximate surface area is 160 Å². The number of benzene rings is 1. The van der Waals surface area contributed by atoms with Crippen molar-refractivity contribution < 1.29 is 9.18 Å². The monoisotopic (exact) mass is 389 g/mol. The first-order chi connectivity index (χ1) is 12.5. The summed E-state index contributed by atoms with van der Waals surface area (Å²) in [5.74, 6) is -0.580. The average Bonchev–Trinajstić information content (AvgIpc) is 3.20. The van der Waals surface area contributed by atoms with Gasteiger partial charge in [-0.25, -0.2) is 9.07 Å². The van der Waals surface area contributed by atoms with E-state index >= 15 is 0 Å². The molecule has 134 valence electrons. The summed E-state index contributed by atoms with van der Waals surface area (Å²) in [7, 11) is 0. The van der Waals surface area contributed by atoms with Crippen molar-refractivity contribution in [3.63, 3.8) is 0 Å². The number of hydrogen-bond acceptors (Lipinski definition) is 3. The van der Waals surface area contributed by atoms with Crippen LogP contribution in [0.2, 0.25) is 4.34 Å². The summed E-state index contributed by atoms with van der Waals surface area (Å²) >= 11 is 7.40. The van der Waals surface area contributed by atoms with Crippen molar-refractivity contribution in [1.29, 1.82) is 0 Å². The zero-order valence-corrected chi connectivity index (χ0v) is 15.7. The van der Waals surface area contributed by atoms with Crippen LogP contribution < -0.4 is 0 Å². The van der Waals surface area contributed by atoms with Crippen LogP contribution in [0.1, 0.15) is 20.9 Å². The smallest absolute Gasteiger partial charge is 0.257 e. The molecule has 1 amide bonds. The second-order valence-electron chi connectivity index (χ2n) is 5.69. The molecule has 2 heterocycles. The second kappa shape index (κ2) is 7.85. The van der Waals surface area contributed by atoms with Gasteiger partial charge in [0.05, 0.1) is 28.3 Å². The summed E-state index contributed by atoms with van der Waals surface area (Å²) in [4.78, 5) is 15.6. The zero-order valence-electron chi connectivity index (χ0n) is 14.2. The number of thiophene rings is 1. The lowest BCUT2D eigenvalue weighted by atomic mass is 10.2. The summed E-state index contributed by atoms with van der Waals surface area (Å²) < 4.78 is 16.2. The summed E-state index contributed by atoms with van der Waals surface area (Å²) in [5.41, 5.74) is 1.32. The molecule has 26 heavy (non-hydrogen) atoms. The van der Waals surface area contributed by atoms with Crippen molar-refractivity contribution >= 4 is 28.8 Å². The number of rotatable bonds is 6. The number of amides is 1. The van der Waals surface area contributed by atoms with Gasteiger partial charge in [-0.05, 0) is 31.2 Å². The molecule has 2 aromatic heterocycles. The van der Waals surface area contributed by atoms with Gasteiger partial charge in [0.25, 0.3) is 5.91 Å². The van der Waals surface area contributed by atoms with Crippen molar-refractivity contribution in [2.45, 2.75) is 13.5 Å². The minimum Gasteiger partial charge on any atom is -0.330 e. The van der Waals surface area contributed by atoms with Gasteiger partial charge in [0.2, 0.25) is 0 Å². The van der Waals surface area contributed by atoms with Gasteiger partial charge in [0, 0.05) is 11.4 Å². The highest BCUT2D eigenvalue weighted by Crippen LogP contribution is 2.24. The number of hydrogen-bond donors (Lipinski definition) is 0. The highest BCUT2D eigenvalue weighted by molar-refractivity contribution is 7.16. The third-order valence-electron chi connectivity index (χ3n) is 3.93. The van der Waals surface area contributed by atoms with Gasteiger partial charge >= 0.3 is 0 Å². The Kier molecular flexibility index (Phi) is 5.54. The Balaban J connectivity index is 1.90. The molecule has 0 radical (unpaired) electrons. The summed E-state index contributed by atoms with van der Waals surface area (Å²) in [5, 5.41) is 4.21. The van der Waals surface area contributed by atoms with E-state index in [2.05, 4.69) is 11.7 Å². The topological polar surface area (TPSA) is 38.1 Å². The molecule has 3 rings (SSSR count). The zero-order chi connectivity index (χ0) is 18.7. The van der Waals surface area contributed by atoms with Gasteiger partial charge in [0.15, 0.2) is 0 Å². The lowest BCUT2D eigenvalue weighted by molar-refractivity contribution is 0.0763. The first kappa shape index (κ1) is 18.4. The summed E-state index contributed by atoms with van der Waals surface area (Å²) in [6.45, 7) is 6.28. The molecule has 0 N–H and O–H groups in total. The third-order valence-corrected chi connectivity index (χ3v) is 5.15. The minimum atomic E-state index is -0.395. The fourth-order valence-corrected chi connectivity index (χ4v) is 3.76. The Morgan fingerprint density at radius 1 is 1.38 bits per heavy atom. The van der Waals surface area contributed by atoms with Crippen LogP contribution in [0.4, 0.5) is 4.39 Å². The fraction of sp³-hybridized carbons (Fsp3) is 0.158. The van der Waals surface area contributed by atoms with Crippen molar-refractivity contribution in [1.82, 2.24) is 14.7 Å². The number of nitrogens with zero attached hydrogens (tertiary/aromatic N) is 3. The molecule has 0 bridgehead atoms. The largest absolute Gasteiger partial charge is 0.330 e. The number of aromatic nitrogens is 2. The molecular weight excluding hydrogens is 373 g/mol. The molecule has 0 unspecified atom stereocenters. The van der Waals surface area contributed by atoms with Crippen molar-refractivity contribution in [2.24, 2.45) is 0 Å². The minimum absolute atomic E-state index is 0.186. The SMILES string of the molecule is C=CCN(Cc1ccc(Cl)s1)C(=O)c1cnn(-c2ccccc2F)c1C. The van der Waals surface area contributed by atoms with Gasteiger partial charge in [-0.2, -0.15) is 5.10 Å². The Morgan fingerprint density at radius 3 is 2.81 bits per heavy atom. The van der Waals surface area contributed by atoms with E-state index in [4.69, 9.17) is 11.6 Å². The predicted octanol–water partition coefficient (Wildman–Crippen LogP) is 4.86. The second-order valence-corrected chi connectivity index (χ2v) is 7.49. The Hall–Kier alpha value is -2.44. The first-order valence-electron chi connectivity index (χ1n) is 7.95. The number of carbonyl (C=O) groups is 1. The summed E-state index contributed by atoms with van der Waals surface area (Å²) in [6.07, 6.45) is 3.14. The van der Waals surface area contributed by atoms with Crippen molar-refractivity contribution in [3.8, 4) is 5.69 Å². The number of para-hydroxylation sites is 1. The van der Waals surface area contributed by atoms with E-state index in [1.54, 1.807) is 42.2 Å². The fourth-order valence-electron chi connectivity index (χ4n) is 2.66. The van der Waals surface area contributed by atoms with Crippen molar-refractivity contribution in [3.05, 3.63) is 81.5 Å². The molecule has 0 atom stereocenters. The highest BCUT2D eigenvalue weighted by Gasteiger charge is 2.22. The normalized spacial score (nSPS) is 10.7. The molecular formula is C19H17ClFN3OS. The highest BCUT2D eigenvalue weighted by atomic mass is 35.5. The van der Waals surface area contributed by atoms with Gasteiger partial charge in [-0.1, -0.05) is 29.8 Å². The molecule has 1 aromatic carbocycles. The van der Waals surface area contributed by atoms with Crippen LogP contribution in [-0.4, -0.2) is 27.1 Å². The quantitative estimate of drug-likeness (QED) is 0.564. The van der Waals surface area contributed by atoms with Crippen LogP contribution in [0.25, 0.3) is 5.69 Å². The van der Waals surface area contributed by atoms with Crippen LogP contribution in [0.3, 0.4) is 0 Å². The maximum atomic E-state index is 14.1. The van der Waals surface area contributed by atoms with Gasteiger partial charge < -0.3 is 4.90 Å². The molecule has 0 saturated carbocycles. The average molecular weight is 390 g/mol. The van der Waals surface area contributed by atoms with E-state index in [1.165, 1.54) is 28.3 Å². The van der Waals surface area contributed by atoms with E-state index < -0.39 is 5.82 Å². The van der Waals surface area contributed by atoms with E-state index in [-0.39, 0.29) is 5.91 Å². The van der Waals surface area contributed by atoms with Crippen molar-refractivity contribution in [2.75, 3.05) is 6.54 Å². The van der Waals surface area contributed by atoms with E-state index in [9.17, 15) is 9.18 Å². The van der Waals surface area contributed by atoms with Crippen LogP contribution in [0.5, 0.6) is 0 Å². The van der Waals surface area contributed by atoms with E-state index in [1.807, 2.05) is 6.07 Å². The van der Waals surface area contributed by atoms with Gasteiger partial charge in [-0.15, -0.1) is 17.9 Å². The van der Waals surface area contributed by atoms with Gasteiger partial charge in [0.1, 0.15) is 11.5 Å². The lowest BCUT2D eigenvalue weighted by Crippen LogP contribution is -2.30. The molecule has 0 spiro atoms. The van der Waals surface area contributed by atoms with E-state index in [0.717, 1.165) is 4.88 Å². The molecule has 0 fully saturated rings. The lowest BCUT2D eigenvalue weighted by Gasteiger charge is -2.20. The Morgan fingerprint density at radius 2 is 2.15 bits per heavy atom. The van der Waals surface area contributed by atoms with Crippen LogP contribution in [-0.2, 0) is 6.54 Å². The van der Waals surface area contributed by atoms with Crippen LogP contribution >= 0.6 is 22.9 Å². The Bertz CT molecular complexity index is 950. The van der Waals surface area contributed by atoms with Crippen LogP contribution in [0, 0.1) is 12.7 Å². The van der Waals surface area contributed by atoms with Crippen LogP contribution in [0.15, 0.2) is 55.3 Å². The van der Waals surface area contributed by atoms with E-state index in [0.29, 0.717) is 34.4 Å². The molecule has 0 aliphatic carbocycles. The maximum Gasteiger partial charge on any atom is 0.257 e. The molecule has 4 nitrogen and oxygen atoms in total. The first-order valence-corrected chi connectivity index (χ1v) is 9.14.